The highest BCUT2D eigenvalue weighted by molar-refractivity contribution is 5.76. The zero-order chi connectivity index (χ0) is 15.9. The Bertz CT molecular complexity index is 465. The molecule has 1 unspecified atom stereocenters. The van der Waals surface area contributed by atoms with Crippen LogP contribution in [-0.2, 0) is 18.4 Å². The molecular weight excluding hydrogens is 276 g/mol. The maximum absolute atomic E-state index is 12.6. The van der Waals surface area contributed by atoms with Crippen LogP contribution in [-0.4, -0.2) is 50.9 Å². The van der Waals surface area contributed by atoms with E-state index < -0.39 is 0 Å². The SMILES string of the molecule is CCCN(Cc1nccn1C)C(=O)CCC(C)N1CCCC1. The zero-order valence-electron chi connectivity index (χ0n) is 14.3. The quantitative estimate of drug-likeness (QED) is 0.740. The van der Waals surface area contributed by atoms with Gasteiger partial charge in [0.15, 0.2) is 0 Å². The van der Waals surface area contributed by atoms with Gasteiger partial charge in [0, 0.05) is 38.4 Å². The van der Waals surface area contributed by atoms with Crippen LogP contribution in [0, 0.1) is 0 Å². The summed E-state index contributed by atoms with van der Waals surface area (Å²) >= 11 is 0. The second-order valence-electron chi connectivity index (χ2n) is 6.40. The minimum absolute atomic E-state index is 0.260. The molecule has 0 N–H and O–H groups in total. The van der Waals surface area contributed by atoms with Gasteiger partial charge in [-0.1, -0.05) is 6.92 Å². The molecule has 2 rings (SSSR count). The first-order valence-corrected chi connectivity index (χ1v) is 8.59. The van der Waals surface area contributed by atoms with Gasteiger partial charge < -0.3 is 14.4 Å². The molecule has 1 aromatic heterocycles. The summed E-state index contributed by atoms with van der Waals surface area (Å²) in [5, 5.41) is 0. The Morgan fingerprint density at radius 3 is 2.73 bits per heavy atom. The van der Waals surface area contributed by atoms with Crippen molar-refractivity contribution in [1.82, 2.24) is 19.4 Å². The fraction of sp³-hybridized carbons (Fsp3) is 0.765. The molecule has 0 aromatic carbocycles. The standard InChI is InChI=1S/C17H30N4O/c1-4-10-21(14-16-18-9-13-19(16)3)17(22)8-7-15(2)20-11-5-6-12-20/h9,13,15H,4-8,10-12,14H2,1-3H3. The van der Waals surface area contributed by atoms with E-state index in [2.05, 4.69) is 23.7 Å². The topological polar surface area (TPSA) is 41.4 Å². The predicted octanol–water partition coefficient (Wildman–Crippen LogP) is 2.42. The second-order valence-corrected chi connectivity index (χ2v) is 6.40. The molecule has 1 fully saturated rings. The lowest BCUT2D eigenvalue weighted by Gasteiger charge is -2.26. The first-order chi connectivity index (χ1) is 10.6. The zero-order valence-corrected chi connectivity index (χ0v) is 14.3. The Morgan fingerprint density at radius 2 is 2.14 bits per heavy atom. The predicted molar refractivity (Wildman–Crippen MR) is 88.4 cm³/mol. The van der Waals surface area contributed by atoms with Crippen molar-refractivity contribution in [3.63, 3.8) is 0 Å². The minimum Gasteiger partial charge on any atom is -0.337 e. The molecule has 1 aromatic rings. The maximum atomic E-state index is 12.6. The highest BCUT2D eigenvalue weighted by Gasteiger charge is 2.21. The van der Waals surface area contributed by atoms with Crippen LogP contribution in [0.5, 0.6) is 0 Å². The van der Waals surface area contributed by atoms with Crippen molar-refractivity contribution in [3.05, 3.63) is 18.2 Å². The molecule has 1 aliphatic heterocycles. The molecule has 5 heteroatoms. The smallest absolute Gasteiger partial charge is 0.223 e. The van der Waals surface area contributed by atoms with Gasteiger partial charge in [0.2, 0.25) is 5.91 Å². The number of likely N-dealkylation sites (tertiary alicyclic amines) is 1. The van der Waals surface area contributed by atoms with Gasteiger partial charge in [-0.3, -0.25) is 4.79 Å². The van der Waals surface area contributed by atoms with Gasteiger partial charge in [0.1, 0.15) is 5.82 Å². The van der Waals surface area contributed by atoms with E-state index in [1.807, 2.05) is 22.7 Å². The molecule has 0 saturated carbocycles. The summed E-state index contributed by atoms with van der Waals surface area (Å²) < 4.78 is 1.99. The number of imidazole rings is 1. The first-order valence-electron chi connectivity index (χ1n) is 8.59. The van der Waals surface area contributed by atoms with Crippen LogP contribution < -0.4 is 0 Å². The molecule has 0 bridgehead atoms. The number of hydrogen-bond donors (Lipinski definition) is 0. The van der Waals surface area contributed by atoms with E-state index in [0.717, 1.165) is 25.2 Å². The molecular formula is C17H30N4O. The maximum Gasteiger partial charge on any atom is 0.223 e. The lowest BCUT2D eigenvalue weighted by molar-refractivity contribution is -0.132. The number of carbonyl (C=O) groups is 1. The molecule has 2 heterocycles. The third-order valence-electron chi connectivity index (χ3n) is 4.64. The second kappa shape index (κ2) is 8.32. The van der Waals surface area contributed by atoms with Crippen molar-refractivity contribution in [2.45, 2.75) is 58.5 Å². The lowest BCUT2D eigenvalue weighted by atomic mass is 10.1. The first kappa shape index (κ1) is 17.0. The number of hydrogen-bond acceptors (Lipinski definition) is 3. The highest BCUT2D eigenvalue weighted by Crippen LogP contribution is 2.16. The van der Waals surface area contributed by atoms with E-state index >= 15 is 0 Å². The molecule has 1 saturated heterocycles. The minimum atomic E-state index is 0.260. The average Bonchev–Trinajstić information content (AvgIpc) is 3.16. The molecule has 1 amide bonds. The van der Waals surface area contributed by atoms with Gasteiger partial charge >= 0.3 is 0 Å². The van der Waals surface area contributed by atoms with Crippen LogP contribution in [0.25, 0.3) is 0 Å². The summed E-state index contributed by atoms with van der Waals surface area (Å²) in [5.74, 6) is 1.21. The van der Waals surface area contributed by atoms with Crippen molar-refractivity contribution in [2.24, 2.45) is 7.05 Å². The Kier molecular flexibility index (Phi) is 6.43. The van der Waals surface area contributed by atoms with Crippen LogP contribution >= 0.6 is 0 Å². The average molecular weight is 306 g/mol. The summed E-state index contributed by atoms with van der Waals surface area (Å²) in [6, 6.07) is 0.517. The summed E-state index contributed by atoms with van der Waals surface area (Å²) in [6.07, 6.45) is 8.91. The number of nitrogens with zero attached hydrogens (tertiary/aromatic N) is 4. The highest BCUT2D eigenvalue weighted by atomic mass is 16.2. The van der Waals surface area contributed by atoms with Crippen molar-refractivity contribution >= 4 is 5.91 Å². The van der Waals surface area contributed by atoms with Gasteiger partial charge in [-0.25, -0.2) is 4.98 Å². The molecule has 22 heavy (non-hydrogen) atoms. The van der Waals surface area contributed by atoms with E-state index in [9.17, 15) is 4.79 Å². The van der Waals surface area contributed by atoms with E-state index in [0.29, 0.717) is 19.0 Å². The molecule has 124 valence electrons. The van der Waals surface area contributed by atoms with Crippen LogP contribution in [0.2, 0.25) is 0 Å². The van der Waals surface area contributed by atoms with E-state index in [1.54, 1.807) is 6.20 Å². The van der Waals surface area contributed by atoms with Crippen LogP contribution in [0.1, 0.15) is 51.8 Å². The van der Waals surface area contributed by atoms with E-state index in [1.165, 1.54) is 25.9 Å². The fourth-order valence-electron chi connectivity index (χ4n) is 3.14. The van der Waals surface area contributed by atoms with Crippen molar-refractivity contribution in [1.29, 1.82) is 0 Å². The number of carbonyl (C=O) groups excluding carboxylic acids is 1. The Balaban J connectivity index is 1.84. The van der Waals surface area contributed by atoms with Gasteiger partial charge in [0.05, 0.1) is 6.54 Å². The van der Waals surface area contributed by atoms with Crippen LogP contribution in [0.15, 0.2) is 12.4 Å². The summed E-state index contributed by atoms with van der Waals surface area (Å²) in [4.78, 5) is 21.4. The molecule has 5 nitrogen and oxygen atoms in total. The lowest BCUT2D eigenvalue weighted by Crippen LogP contribution is -2.35. The number of amides is 1. The summed E-state index contributed by atoms with van der Waals surface area (Å²) in [7, 11) is 1.98. The third kappa shape index (κ3) is 4.57. The third-order valence-corrected chi connectivity index (χ3v) is 4.64. The largest absolute Gasteiger partial charge is 0.337 e. The molecule has 0 aliphatic carbocycles. The van der Waals surface area contributed by atoms with Gasteiger partial charge in [0.25, 0.3) is 0 Å². The fourth-order valence-corrected chi connectivity index (χ4v) is 3.14. The van der Waals surface area contributed by atoms with Crippen LogP contribution in [0.3, 0.4) is 0 Å². The van der Waals surface area contributed by atoms with Gasteiger partial charge in [-0.15, -0.1) is 0 Å². The Morgan fingerprint density at radius 1 is 1.41 bits per heavy atom. The van der Waals surface area contributed by atoms with Crippen molar-refractivity contribution in [2.75, 3.05) is 19.6 Å². The monoisotopic (exact) mass is 306 g/mol. The number of rotatable bonds is 8. The molecule has 1 atom stereocenters. The normalized spacial score (nSPS) is 16.9. The molecule has 0 radical (unpaired) electrons. The molecule has 1 aliphatic rings. The van der Waals surface area contributed by atoms with Crippen LogP contribution in [0.4, 0.5) is 0 Å². The number of aryl methyl sites for hydroxylation is 1. The summed E-state index contributed by atoms with van der Waals surface area (Å²) in [6.45, 7) is 8.19. The van der Waals surface area contributed by atoms with E-state index in [4.69, 9.17) is 0 Å². The number of aromatic nitrogens is 2. The van der Waals surface area contributed by atoms with Crippen molar-refractivity contribution in [3.8, 4) is 0 Å². The molecule has 0 spiro atoms. The Labute approximate surface area is 134 Å². The van der Waals surface area contributed by atoms with Crippen molar-refractivity contribution < 1.29 is 4.79 Å². The van der Waals surface area contributed by atoms with E-state index in [-0.39, 0.29) is 5.91 Å². The van der Waals surface area contributed by atoms with Gasteiger partial charge in [-0.05, 0) is 45.7 Å². The van der Waals surface area contributed by atoms with Gasteiger partial charge in [-0.2, -0.15) is 0 Å². The summed E-state index contributed by atoms with van der Waals surface area (Å²) in [5.41, 5.74) is 0. The Hall–Kier alpha value is -1.36.